The Morgan fingerprint density at radius 1 is 1.67 bits per heavy atom. The fourth-order valence-electron chi connectivity index (χ4n) is 0.105. The third-order valence-corrected chi connectivity index (χ3v) is 0.300. The quantitative estimate of drug-likeness (QED) is 0.393. The summed E-state index contributed by atoms with van der Waals surface area (Å²) in [6.07, 6.45) is 1.10. The molecule has 0 radical (unpaired) electrons. The van der Waals surface area contributed by atoms with E-state index in [4.69, 9.17) is 15.9 Å². The molecule has 0 heterocycles. The molecule has 0 aliphatic rings. The Morgan fingerprint density at radius 3 is 2.17 bits per heavy atom. The van der Waals surface area contributed by atoms with Gasteiger partial charge in [-0.1, -0.05) is 0 Å². The number of rotatable bonds is 1. The minimum atomic E-state index is -0.711. The molecule has 0 bridgehead atoms. The molecule has 0 saturated carbocycles. The van der Waals surface area contributed by atoms with Crippen molar-refractivity contribution < 1.29 is 10.2 Å². The summed E-state index contributed by atoms with van der Waals surface area (Å²) in [5.41, 5.74) is 4.83. The second-order valence-corrected chi connectivity index (χ2v) is 0.798. The average molecular weight is 89.1 g/mol. The first-order valence-electron chi connectivity index (χ1n) is 1.55. The lowest BCUT2D eigenvalue weighted by molar-refractivity contribution is 0.190. The van der Waals surface area contributed by atoms with Crippen molar-refractivity contribution in [2.24, 2.45) is 5.73 Å². The highest BCUT2D eigenvalue weighted by atomic mass is 16.5. The van der Waals surface area contributed by atoms with E-state index < -0.39 is 5.95 Å². The predicted octanol–water partition coefficient (Wildman–Crippen LogP) is -0.0975. The first-order chi connectivity index (χ1) is 2.77. The second kappa shape index (κ2) is 2.53. The third-order valence-electron chi connectivity index (χ3n) is 0.300. The van der Waals surface area contributed by atoms with Gasteiger partial charge < -0.3 is 15.9 Å². The lowest BCUT2D eigenvalue weighted by atomic mass is 10.6. The average Bonchev–Trinajstić information content (AvgIpc) is 1.35. The largest absolute Gasteiger partial charge is 0.481 e. The normalized spacial score (nSPS) is 7.50. The number of hydrogen-bond donors (Lipinski definition) is 3. The van der Waals surface area contributed by atoms with Crippen molar-refractivity contribution in [2.75, 3.05) is 6.54 Å². The van der Waals surface area contributed by atoms with Crippen LogP contribution in [0.5, 0.6) is 0 Å². The van der Waals surface area contributed by atoms with Gasteiger partial charge in [0, 0.05) is 12.6 Å². The van der Waals surface area contributed by atoms with Gasteiger partial charge in [0.05, 0.1) is 0 Å². The molecule has 36 valence electrons. The minimum Gasteiger partial charge on any atom is -0.481 e. The van der Waals surface area contributed by atoms with Crippen LogP contribution in [-0.2, 0) is 0 Å². The van der Waals surface area contributed by atoms with E-state index in [2.05, 4.69) is 0 Å². The zero-order valence-corrected chi connectivity index (χ0v) is 3.26. The summed E-state index contributed by atoms with van der Waals surface area (Å²) in [6, 6.07) is 0. The Balaban J connectivity index is 3.14. The van der Waals surface area contributed by atoms with E-state index in [0.717, 1.165) is 6.08 Å². The highest BCUT2D eigenvalue weighted by Gasteiger charge is 1.73. The summed E-state index contributed by atoms with van der Waals surface area (Å²) in [4.78, 5) is 0. The molecule has 4 N–H and O–H groups in total. The van der Waals surface area contributed by atoms with E-state index in [-0.39, 0.29) is 6.54 Å². The Morgan fingerprint density at radius 2 is 2.17 bits per heavy atom. The maximum atomic E-state index is 7.89. The first kappa shape index (κ1) is 5.30. The summed E-state index contributed by atoms with van der Waals surface area (Å²) in [5, 5.41) is 15.8. The Labute approximate surface area is 35.7 Å². The Kier molecular flexibility index (Phi) is 2.24. The van der Waals surface area contributed by atoms with Crippen molar-refractivity contribution in [3.05, 3.63) is 12.0 Å². The van der Waals surface area contributed by atoms with Crippen LogP contribution in [0, 0.1) is 0 Å². The molecule has 3 nitrogen and oxygen atoms in total. The molecule has 0 aliphatic heterocycles. The van der Waals surface area contributed by atoms with Gasteiger partial charge in [0.1, 0.15) is 0 Å². The highest BCUT2D eigenvalue weighted by Crippen LogP contribution is 1.71. The first-order valence-corrected chi connectivity index (χ1v) is 1.55. The van der Waals surface area contributed by atoms with Crippen molar-refractivity contribution in [3.8, 4) is 0 Å². The molecule has 0 saturated heterocycles. The van der Waals surface area contributed by atoms with Crippen molar-refractivity contribution >= 4 is 0 Å². The molecule has 0 aromatic carbocycles. The molecule has 6 heavy (non-hydrogen) atoms. The van der Waals surface area contributed by atoms with Crippen LogP contribution in [0.3, 0.4) is 0 Å². The zero-order chi connectivity index (χ0) is 4.99. The standard InChI is InChI=1S/C3H7NO2/c4-2-1-3(5)6/h1,5-6H,2,4H2. The van der Waals surface area contributed by atoms with E-state index >= 15 is 0 Å². The van der Waals surface area contributed by atoms with Crippen LogP contribution in [0.4, 0.5) is 0 Å². The van der Waals surface area contributed by atoms with Crippen LogP contribution in [0.25, 0.3) is 0 Å². The van der Waals surface area contributed by atoms with Crippen LogP contribution >= 0.6 is 0 Å². The molecule has 3 heteroatoms. The van der Waals surface area contributed by atoms with Crippen LogP contribution in [0.15, 0.2) is 12.0 Å². The second-order valence-electron chi connectivity index (χ2n) is 0.798. The molecule has 0 unspecified atom stereocenters. The van der Waals surface area contributed by atoms with Gasteiger partial charge in [-0.25, -0.2) is 0 Å². The number of nitrogens with two attached hydrogens (primary N) is 1. The molecule has 0 aromatic heterocycles. The summed E-state index contributed by atoms with van der Waals surface area (Å²) < 4.78 is 0. The summed E-state index contributed by atoms with van der Waals surface area (Å²) >= 11 is 0. The van der Waals surface area contributed by atoms with Gasteiger partial charge in [-0.3, -0.25) is 0 Å². The van der Waals surface area contributed by atoms with E-state index in [1.54, 1.807) is 0 Å². The zero-order valence-electron chi connectivity index (χ0n) is 3.26. The Hall–Kier alpha value is -0.700. The minimum absolute atomic E-state index is 0.169. The topological polar surface area (TPSA) is 66.5 Å². The third kappa shape index (κ3) is 3.30. The van der Waals surface area contributed by atoms with E-state index in [0.29, 0.717) is 0 Å². The highest BCUT2D eigenvalue weighted by molar-refractivity contribution is 4.78. The van der Waals surface area contributed by atoms with E-state index in [1.807, 2.05) is 0 Å². The van der Waals surface area contributed by atoms with E-state index in [1.165, 1.54) is 0 Å². The number of aliphatic hydroxyl groups is 2. The lowest BCUT2D eigenvalue weighted by Crippen LogP contribution is -1.94. The molecule has 0 spiro atoms. The summed E-state index contributed by atoms with van der Waals surface area (Å²) in [5.74, 6) is -0.711. The van der Waals surface area contributed by atoms with Gasteiger partial charge in [0.2, 0.25) is 0 Å². The van der Waals surface area contributed by atoms with Crippen molar-refractivity contribution in [2.45, 2.75) is 0 Å². The summed E-state index contributed by atoms with van der Waals surface area (Å²) in [7, 11) is 0. The lowest BCUT2D eigenvalue weighted by Gasteiger charge is -1.79. The monoisotopic (exact) mass is 89.0 g/mol. The van der Waals surface area contributed by atoms with Gasteiger partial charge in [0.15, 0.2) is 0 Å². The van der Waals surface area contributed by atoms with Crippen molar-refractivity contribution in [1.29, 1.82) is 0 Å². The van der Waals surface area contributed by atoms with Crippen LogP contribution < -0.4 is 5.73 Å². The number of aliphatic hydroxyl groups excluding tert-OH is 1. The Bertz CT molecular complexity index is 55.8. The van der Waals surface area contributed by atoms with Gasteiger partial charge >= 0.3 is 0 Å². The molecular weight excluding hydrogens is 82.0 g/mol. The molecule has 0 rings (SSSR count). The van der Waals surface area contributed by atoms with Crippen molar-refractivity contribution in [3.63, 3.8) is 0 Å². The molecule has 0 fully saturated rings. The van der Waals surface area contributed by atoms with Gasteiger partial charge in [-0.15, -0.1) is 0 Å². The number of hydrogen-bond acceptors (Lipinski definition) is 3. The smallest absolute Gasteiger partial charge is 0.271 e. The molecule has 0 atom stereocenters. The molecule has 0 aromatic rings. The predicted molar refractivity (Wildman–Crippen MR) is 22.4 cm³/mol. The fraction of sp³-hybridized carbons (Fsp3) is 0.333. The van der Waals surface area contributed by atoms with Crippen molar-refractivity contribution in [1.82, 2.24) is 0 Å². The van der Waals surface area contributed by atoms with E-state index in [9.17, 15) is 0 Å². The molecule has 0 aliphatic carbocycles. The maximum absolute atomic E-state index is 7.89. The fourth-order valence-corrected chi connectivity index (χ4v) is 0.105. The molecule has 0 amide bonds. The molecular formula is C3H7NO2. The van der Waals surface area contributed by atoms with Crippen LogP contribution in [-0.4, -0.2) is 16.8 Å². The SMILES string of the molecule is NCC=C(O)O. The van der Waals surface area contributed by atoms with Gasteiger partial charge in [0.25, 0.3) is 5.95 Å². The van der Waals surface area contributed by atoms with Gasteiger partial charge in [-0.05, 0) is 0 Å². The van der Waals surface area contributed by atoms with Gasteiger partial charge in [-0.2, -0.15) is 0 Å². The van der Waals surface area contributed by atoms with Crippen LogP contribution in [0.1, 0.15) is 0 Å². The van der Waals surface area contributed by atoms with Crippen LogP contribution in [0.2, 0.25) is 0 Å². The maximum Gasteiger partial charge on any atom is 0.271 e. The summed E-state index contributed by atoms with van der Waals surface area (Å²) in [6.45, 7) is 0.169.